The summed E-state index contributed by atoms with van der Waals surface area (Å²) >= 11 is 13.7. The van der Waals surface area contributed by atoms with Gasteiger partial charge in [-0.3, -0.25) is 0 Å². The maximum Gasteiger partial charge on any atom is 0.279 e. The van der Waals surface area contributed by atoms with Gasteiger partial charge in [-0.1, -0.05) is 34.5 Å². The number of rotatable bonds is 8. The number of aryl methyl sites for hydroxylation is 1. The van der Waals surface area contributed by atoms with Crippen LogP contribution in [0.1, 0.15) is 18.2 Å². The van der Waals surface area contributed by atoms with Gasteiger partial charge in [-0.15, -0.1) is 0 Å². The average molecular weight is 450 g/mol. The molecule has 0 atom stereocenters. The molecule has 1 aromatic heterocycles. The van der Waals surface area contributed by atoms with E-state index in [4.69, 9.17) is 32.7 Å². The number of aliphatic imine (C=N–C) groups is 1. The molecule has 0 aliphatic carbocycles. The molecule has 0 amide bonds. The quantitative estimate of drug-likeness (QED) is 0.282. The van der Waals surface area contributed by atoms with Gasteiger partial charge in [0.1, 0.15) is 18.1 Å². The van der Waals surface area contributed by atoms with Crippen molar-refractivity contribution in [1.29, 1.82) is 0 Å². The van der Waals surface area contributed by atoms with Gasteiger partial charge in [0.2, 0.25) is 0 Å². The molecule has 1 heterocycles. The van der Waals surface area contributed by atoms with E-state index in [-0.39, 0.29) is 0 Å². The van der Waals surface area contributed by atoms with Crippen LogP contribution in [0.4, 0.5) is 5.69 Å². The molecule has 0 N–H and O–H groups in total. The van der Waals surface area contributed by atoms with Gasteiger partial charge in [0.15, 0.2) is 0 Å². The summed E-state index contributed by atoms with van der Waals surface area (Å²) in [6, 6.07) is 10.9. The summed E-state index contributed by atoms with van der Waals surface area (Å²) in [4.78, 5) is 10.9. The number of halogens is 2. The van der Waals surface area contributed by atoms with Crippen LogP contribution < -0.4 is 9.47 Å². The Morgan fingerprint density at radius 3 is 2.69 bits per heavy atom. The zero-order valence-electron chi connectivity index (χ0n) is 16.4. The predicted octanol–water partition coefficient (Wildman–Crippen LogP) is 6.74. The van der Waals surface area contributed by atoms with Gasteiger partial charge < -0.3 is 14.4 Å². The lowest BCUT2D eigenvalue weighted by Gasteiger charge is -2.10. The van der Waals surface area contributed by atoms with E-state index in [1.54, 1.807) is 24.5 Å². The van der Waals surface area contributed by atoms with Gasteiger partial charge in [-0.2, -0.15) is 0 Å². The minimum Gasteiger partial charge on any atom is -0.487 e. The van der Waals surface area contributed by atoms with Gasteiger partial charge in [0.25, 0.3) is 5.19 Å². The zero-order chi connectivity index (χ0) is 20.8. The van der Waals surface area contributed by atoms with Gasteiger partial charge in [-0.25, -0.2) is 9.98 Å². The lowest BCUT2D eigenvalue weighted by molar-refractivity contribution is 0.301. The molecule has 3 aromatic rings. The van der Waals surface area contributed by atoms with Crippen molar-refractivity contribution in [2.45, 2.75) is 20.5 Å². The second-order valence-corrected chi connectivity index (χ2v) is 8.00. The minimum atomic E-state index is 0.347. The molecule has 29 heavy (non-hydrogen) atoms. The lowest BCUT2D eigenvalue weighted by Crippen LogP contribution is -2.14. The molecule has 0 aliphatic rings. The van der Waals surface area contributed by atoms with Crippen LogP contribution in [0.25, 0.3) is 0 Å². The fourth-order valence-electron chi connectivity index (χ4n) is 2.28. The van der Waals surface area contributed by atoms with Crippen molar-refractivity contribution in [1.82, 2.24) is 9.88 Å². The number of hydrogen-bond donors (Lipinski definition) is 0. The van der Waals surface area contributed by atoms with Crippen molar-refractivity contribution in [3.05, 3.63) is 63.1 Å². The van der Waals surface area contributed by atoms with E-state index >= 15 is 0 Å². The fourth-order valence-corrected chi connectivity index (χ4v) is 3.28. The third kappa shape index (κ3) is 6.10. The Morgan fingerprint density at radius 2 is 1.97 bits per heavy atom. The Kier molecular flexibility index (Phi) is 7.36. The standard InChI is InChI=1S/C21H21Cl2N3O2S/c1-4-26(3)13-24-19-9-14(2)20(10-18(19)23)28-21-25-16(12-29-21)11-27-17-7-5-15(22)6-8-17/h5-10,12-13H,4,11H2,1-3H3. The molecule has 152 valence electrons. The maximum atomic E-state index is 6.37. The summed E-state index contributed by atoms with van der Waals surface area (Å²) in [6.07, 6.45) is 1.76. The zero-order valence-corrected chi connectivity index (χ0v) is 18.7. The molecule has 5 nitrogen and oxygen atoms in total. The first-order valence-corrected chi connectivity index (χ1v) is 10.6. The first kappa shape index (κ1) is 21.4. The van der Waals surface area contributed by atoms with Gasteiger partial charge in [-0.05, 0) is 49.7 Å². The monoisotopic (exact) mass is 449 g/mol. The Labute approximate surface area is 184 Å². The highest BCUT2D eigenvalue weighted by molar-refractivity contribution is 7.11. The highest BCUT2D eigenvalue weighted by Gasteiger charge is 2.11. The van der Waals surface area contributed by atoms with E-state index in [0.717, 1.165) is 23.6 Å². The van der Waals surface area contributed by atoms with Crippen molar-refractivity contribution in [2.75, 3.05) is 13.6 Å². The molecular formula is C21H21Cl2N3O2S. The first-order chi connectivity index (χ1) is 13.9. The molecule has 0 bridgehead atoms. The third-order valence-electron chi connectivity index (χ3n) is 4.07. The number of thiazole rings is 1. The van der Waals surface area contributed by atoms with Crippen molar-refractivity contribution in [3.63, 3.8) is 0 Å². The van der Waals surface area contributed by atoms with E-state index in [0.29, 0.717) is 33.3 Å². The maximum absolute atomic E-state index is 6.37. The Hall–Kier alpha value is -2.28. The van der Waals surface area contributed by atoms with Crippen LogP contribution in [0, 0.1) is 6.92 Å². The molecule has 8 heteroatoms. The van der Waals surface area contributed by atoms with Gasteiger partial charge in [0.05, 0.1) is 22.7 Å². The molecule has 2 aromatic carbocycles. The Balaban J connectivity index is 1.65. The van der Waals surface area contributed by atoms with E-state index in [2.05, 4.69) is 16.9 Å². The molecule has 0 radical (unpaired) electrons. The van der Waals surface area contributed by atoms with E-state index in [9.17, 15) is 0 Å². The second kappa shape index (κ2) is 9.96. The summed E-state index contributed by atoms with van der Waals surface area (Å²) in [7, 11) is 1.96. The van der Waals surface area contributed by atoms with Crippen LogP contribution >= 0.6 is 34.5 Å². The number of aromatic nitrogens is 1. The number of ether oxygens (including phenoxy) is 2. The highest BCUT2D eigenvalue weighted by Crippen LogP contribution is 2.35. The smallest absolute Gasteiger partial charge is 0.279 e. The molecule has 3 rings (SSSR count). The highest BCUT2D eigenvalue weighted by atomic mass is 35.5. The average Bonchev–Trinajstić information content (AvgIpc) is 3.16. The predicted molar refractivity (Wildman–Crippen MR) is 121 cm³/mol. The third-order valence-corrected chi connectivity index (χ3v) is 5.39. The number of hydrogen-bond acceptors (Lipinski definition) is 5. The van der Waals surface area contributed by atoms with Crippen LogP contribution in [0.2, 0.25) is 10.0 Å². The summed E-state index contributed by atoms with van der Waals surface area (Å²) in [5.74, 6) is 1.38. The van der Waals surface area contributed by atoms with Crippen molar-refractivity contribution in [3.8, 4) is 16.7 Å². The topological polar surface area (TPSA) is 47.0 Å². The SMILES string of the molecule is CCN(C)C=Nc1cc(C)c(Oc2nc(COc3ccc(Cl)cc3)cs2)cc1Cl. The normalized spacial score (nSPS) is 11.1. The van der Waals surface area contributed by atoms with Crippen molar-refractivity contribution < 1.29 is 9.47 Å². The summed E-state index contributed by atoms with van der Waals surface area (Å²) in [5.41, 5.74) is 2.41. The van der Waals surface area contributed by atoms with Crippen LogP contribution in [0.15, 0.2) is 46.8 Å². The van der Waals surface area contributed by atoms with Crippen LogP contribution in [-0.4, -0.2) is 29.8 Å². The van der Waals surface area contributed by atoms with Gasteiger partial charge >= 0.3 is 0 Å². The molecule has 0 fully saturated rings. The second-order valence-electron chi connectivity index (χ2n) is 6.34. The van der Waals surface area contributed by atoms with Crippen molar-refractivity contribution >= 4 is 46.6 Å². The lowest BCUT2D eigenvalue weighted by atomic mass is 10.2. The fraction of sp³-hybridized carbons (Fsp3) is 0.238. The van der Waals surface area contributed by atoms with Crippen LogP contribution in [0.3, 0.4) is 0 Å². The molecule has 0 saturated carbocycles. The summed E-state index contributed by atoms with van der Waals surface area (Å²) in [6.45, 7) is 5.22. The van der Waals surface area contributed by atoms with Crippen molar-refractivity contribution in [2.24, 2.45) is 4.99 Å². The Morgan fingerprint density at radius 1 is 1.21 bits per heavy atom. The molecule has 0 spiro atoms. The van der Waals surface area contributed by atoms with E-state index in [1.165, 1.54) is 11.3 Å². The number of benzene rings is 2. The van der Waals surface area contributed by atoms with E-state index in [1.807, 2.05) is 42.5 Å². The Bertz CT molecular complexity index is 990. The van der Waals surface area contributed by atoms with Crippen LogP contribution in [-0.2, 0) is 6.61 Å². The van der Waals surface area contributed by atoms with Gasteiger partial charge in [0, 0.05) is 30.1 Å². The molecule has 0 unspecified atom stereocenters. The minimum absolute atomic E-state index is 0.347. The molecular weight excluding hydrogens is 429 g/mol. The molecule has 0 saturated heterocycles. The first-order valence-electron chi connectivity index (χ1n) is 8.99. The number of nitrogens with zero attached hydrogens (tertiary/aromatic N) is 3. The molecule has 0 aliphatic heterocycles. The van der Waals surface area contributed by atoms with Crippen LogP contribution in [0.5, 0.6) is 16.7 Å². The largest absolute Gasteiger partial charge is 0.487 e. The summed E-state index contributed by atoms with van der Waals surface area (Å²) < 4.78 is 11.6. The van der Waals surface area contributed by atoms with E-state index < -0.39 is 0 Å². The summed E-state index contributed by atoms with van der Waals surface area (Å²) in [5, 5.41) is 3.63.